The van der Waals surface area contributed by atoms with Crippen LogP contribution in [0.15, 0.2) is 36.2 Å². The molecule has 1 aromatic heterocycles. The molecule has 1 unspecified atom stereocenters. The average molecular weight is 383 g/mol. The summed E-state index contributed by atoms with van der Waals surface area (Å²) >= 11 is 0. The van der Waals surface area contributed by atoms with Gasteiger partial charge in [0.25, 0.3) is 0 Å². The van der Waals surface area contributed by atoms with E-state index in [9.17, 15) is 9.18 Å². The number of alkyl halides is 1. The first-order chi connectivity index (χ1) is 13.3. The standard InChI is InChI=1S/C24H27F2NO/c1-23-8-6-20-17(11-22(26)21-10-16(28)5-7-24(20,21)2)19(23)4-3-18(23)14-9-15(25)13-27-12-14/h3,9-10,12-13,17,19-20,22H,4-8,11H2,1-2H3/t17-,19-,20-,22?,23+,24+/m0/s1. The molecule has 4 aliphatic carbocycles. The number of aromatic nitrogens is 1. The Morgan fingerprint density at radius 3 is 2.75 bits per heavy atom. The van der Waals surface area contributed by atoms with E-state index in [1.165, 1.54) is 11.8 Å². The minimum Gasteiger partial charge on any atom is -0.295 e. The van der Waals surface area contributed by atoms with Crippen LogP contribution in [0.25, 0.3) is 5.57 Å². The number of hydrogen-bond acceptors (Lipinski definition) is 2. The Labute approximate surface area is 165 Å². The number of halogens is 2. The van der Waals surface area contributed by atoms with Crippen LogP contribution >= 0.6 is 0 Å². The molecule has 0 saturated heterocycles. The molecule has 0 spiro atoms. The highest BCUT2D eigenvalue weighted by molar-refractivity contribution is 5.92. The smallest absolute Gasteiger partial charge is 0.155 e. The molecule has 2 nitrogen and oxygen atoms in total. The highest BCUT2D eigenvalue weighted by Crippen LogP contribution is 2.66. The number of ketones is 1. The van der Waals surface area contributed by atoms with Crippen LogP contribution in [0.2, 0.25) is 0 Å². The molecule has 2 fully saturated rings. The van der Waals surface area contributed by atoms with E-state index in [2.05, 4.69) is 24.9 Å². The van der Waals surface area contributed by atoms with Crippen LogP contribution in [0.1, 0.15) is 57.9 Å². The Kier molecular flexibility index (Phi) is 3.95. The van der Waals surface area contributed by atoms with Crippen molar-refractivity contribution in [3.05, 3.63) is 47.6 Å². The lowest BCUT2D eigenvalue weighted by molar-refractivity contribution is -0.117. The minimum atomic E-state index is -1.02. The predicted molar refractivity (Wildman–Crippen MR) is 105 cm³/mol. The number of rotatable bonds is 1. The van der Waals surface area contributed by atoms with Crippen molar-refractivity contribution in [1.82, 2.24) is 4.98 Å². The average Bonchev–Trinajstić information content (AvgIpc) is 3.01. The van der Waals surface area contributed by atoms with Crippen molar-refractivity contribution >= 4 is 11.4 Å². The van der Waals surface area contributed by atoms with Crippen LogP contribution in [-0.4, -0.2) is 16.9 Å². The van der Waals surface area contributed by atoms with Crippen LogP contribution in [0.3, 0.4) is 0 Å². The SMILES string of the molecule is C[C@]12CCC(=O)C=C1C(F)C[C@@H]1[C@@H]2CC[C@]2(C)C(c3cncc(F)c3)=CC[C@@H]12. The Balaban J connectivity index is 1.50. The zero-order valence-electron chi connectivity index (χ0n) is 16.6. The highest BCUT2D eigenvalue weighted by atomic mass is 19.1. The molecule has 0 amide bonds. The van der Waals surface area contributed by atoms with Gasteiger partial charge in [-0.3, -0.25) is 9.78 Å². The quantitative estimate of drug-likeness (QED) is 0.623. The molecule has 1 heterocycles. The van der Waals surface area contributed by atoms with Crippen LogP contribution in [0.4, 0.5) is 8.78 Å². The van der Waals surface area contributed by atoms with E-state index in [0.717, 1.165) is 36.8 Å². The van der Waals surface area contributed by atoms with Crippen molar-refractivity contribution < 1.29 is 13.6 Å². The normalized spacial score (nSPS) is 42.2. The van der Waals surface area contributed by atoms with Gasteiger partial charge in [0.1, 0.15) is 12.0 Å². The van der Waals surface area contributed by atoms with E-state index in [1.54, 1.807) is 18.3 Å². The molecule has 2 saturated carbocycles. The van der Waals surface area contributed by atoms with Crippen LogP contribution in [-0.2, 0) is 4.79 Å². The van der Waals surface area contributed by atoms with Crippen LogP contribution in [0, 0.1) is 34.4 Å². The van der Waals surface area contributed by atoms with E-state index in [0.29, 0.717) is 30.6 Å². The lowest BCUT2D eigenvalue weighted by atomic mass is 9.46. The topological polar surface area (TPSA) is 30.0 Å². The van der Waals surface area contributed by atoms with Crippen molar-refractivity contribution in [2.75, 3.05) is 0 Å². The fourth-order valence-corrected chi connectivity index (χ4v) is 7.13. The fourth-order valence-electron chi connectivity index (χ4n) is 7.13. The molecule has 0 bridgehead atoms. The van der Waals surface area contributed by atoms with Gasteiger partial charge in [-0.1, -0.05) is 19.9 Å². The second-order valence-electron chi connectivity index (χ2n) is 9.77. The lowest BCUT2D eigenvalue weighted by Crippen LogP contribution is -2.52. The molecule has 1 aromatic rings. The van der Waals surface area contributed by atoms with Crippen LogP contribution in [0.5, 0.6) is 0 Å². The molecule has 148 valence electrons. The number of nitrogens with zero attached hydrogens (tertiary/aromatic N) is 1. The summed E-state index contributed by atoms with van der Waals surface area (Å²) in [6, 6.07) is 1.58. The molecule has 4 aliphatic rings. The van der Waals surface area contributed by atoms with Gasteiger partial charge in [0.2, 0.25) is 0 Å². The first-order valence-electron chi connectivity index (χ1n) is 10.5. The van der Waals surface area contributed by atoms with Gasteiger partial charge >= 0.3 is 0 Å². The van der Waals surface area contributed by atoms with Crippen LogP contribution < -0.4 is 0 Å². The van der Waals surface area contributed by atoms with Gasteiger partial charge in [-0.2, -0.15) is 0 Å². The Bertz CT molecular complexity index is 906. The van der Waals surface area contributed by atoms with Gasteiger partial charge in [0, 0.05) is 12.6 Å². The number of pyridine rings is 1. The first kappa shape index (κ1) is 18.2. The van der Waals surface area contributed by atoms with Gasteiger partial charge in [0.05, 0.1) is 6.20 Å². The largest absolute Gasteiger partial charge is 0.295 e. The van der Waals surface area contributed by atoms with Gasteiger partial charge < -0.3 is 0 Å². The molecule has 4 heteroatoms. The summed E-state index contributed by atoms with van der Waals surface area (Å²) in [5, 5.41) is 0. The van der Waals surface area contributed by atoms with Crippen molar-refractivity contribution in [2.45, 2.75) is 58.5 Å². The van der Waals surface area contributed by atoms with Crippen molar-refractivity contribution in [1.29, 1.82) is 0 Å². The fraction of sp³-hybridized carbons (Fsp3) is 0.583. The third-order valence-corrected chi connectivity index (χ3v) is 8.54. The van der Waals surface area contributed by atoms with E-state index >= 15 is 4.39 Å². The zero-order chi connectivity index (χ0) is 19.7. The van der Waals surface area contributed by atoms with Gasteiger partial charge in [-0.05, 0) is 89.5 Å². The number of carbonyl (C=O) groups is 1. The van der Waals surface area contributed by atoms with E-state index in [-0.39, 0.29) is 22.4 Å². The van der Waals surface area contributed by atoms with Gasteiger partial charge in [-0.15, -0.1) is 0 Å². The van der Waals surface area contributed by atoms with Crippen molar-refractivity contribution in [3.63, 3.8) is 0 Å². The second-order valence-corrected chi connectivity index (χ2v) is 9.77. The Hall–Kier alpha value is -1.84. The third kappa shape index (κ3) is 2.42. The summed E-state index contributed by atoms with van der Waals surface area (Å²) in [5.41, 5.74) is 2.56. The van der Waals surface area contributed by atoms with Crippen molar-refractivity contribution in [3.8, 4) is 0 Å². The molecule has 0 N–H and O–H groups in total. The molecule has 5 rings (SSSR count). The number of allylic oxidation sites excluding steroid dienone is 4. The summed E-state index contributed by atoms with van der Waals surface area (Å²) in [4.78, 5) is 16.0. The molecular weight excluding hydrogens is 356 g/mol. The molecule has 6 atom stereocenters. The number of carbonyl (C=O) groups excluding carboxylic acids is 1. The maximum Gasteiger partial charge on any atom is 0.155 e. The van der Waals surface area contributed by atoms with E-state index in [4.69, 9.17) is 0 Å². The number of fused-ring (bicyclic) bond motifs is 5. The van der Waals surface area contributed by atoms with Crippen molar-refractivity contribution in [2.24, 2.45) is 28.6 Å². The zero-order valence-corrected chi connectivity index (χ0v) is 16.6. The highest BCUT2D eigenvalue weighted by Gasteiger charge is 2.59. The molecule has 0 aliphatic heterocycles. The van der Waals surface area contributed by atoms with Gasteiger partial charge in [-0.25, -0.2) is 8.78 Å². The maximum absolute atomic E-state index is 15.3. The summed E-state index contributed by atoms with van der Waals surface area (Å²) < 4.78 is 29.1. The molecular formula is C24H27F2NO. The second kappa shape index (κ2) is 6.08. The lowest BCUT2D eigenvalue weighted by Gasteiger charge is -2.58. The first-order valence-corrected chi connectivity index (χ1v) is 10.5. The number of hydrogen-bond donors (Lipinski definition) is 0. The third-order valence-electron chi connectivity index (χ3n) is 8.54. The Morgan fingerprint density at radius 1 is 1.14 bits per heavy atom. The summed E-state index contributed by atoms with van der Waals surface area (Å²) in [7, 11) is 0. The monoisotopic (exact) mass is 383 g/mol. The maximum atomic E-state index is 15.3. The summed E-state index contributed by atoms with van der Waals surface area (Å²) in [6.07, 6.45) is 10.6. The van der Waals surface area contributed by atoms with E-state index < -0.39 is 6.17 Å². The summed E-state index contributed by atoms with van der Waals surface area (Å²) in [5.74, 6) is 0.876. The molecule has 0 radical (unpaired) electrons. The van der Waals surface area contributed by atoms with E-state index in [1.807, 2.05) is 0 Å². The predicted octanol–water partition coefficient (Wildman–Crippen LogP) is 5.69. The molecule has 0 aromatic carbocycles. The van der Waals surface area contributed by atoms with Gasteiger partial charge in [0.15, 0.2) is 5.78 Å². The minimum absolute atomic E-state index is 0.0571. The Morgan fingerprint density at radius 2 is 1.96 bits per heavy atom. The molecule has 28 heavy (non-hydrogen) atoms. The summed E-state index contributed by atoms with van der Waals surface area (Å²) in [6.45, 7) is 4.47.